The van der Waals surface area contributed by atoms with Crippen molar-refractivity contribution in [3.8, 4) is 5.75 Å². The highest BCUT2D eigenvalue weighted by atomic mass is 16.5. The molecule has 0 aliphatic rings. The first-order valence-electron chi connectivity index (χ1n) is 14.4. The minimum atomic E-state index is -0.984. The van der Waals surface area contributed by atoms with Crippen LogP contribution in [0.5, 0.6) is 5.75 Å². The minimum Gasteiger partial charge on any atom is -0.497 e. The molecular formula is C32H37N5O7. The lowest BCUT2D eigenvalue weighted by atomic mass is 10.0. The summed E-state index contributed by atoms with van der Waals surface area (Å²) in [6.45, 7) is 4.24. The number of hydrogen-bond acceptors (Lipinski definition) is 9. The van der Waals surface area contributed by atoms with Crippen molar-refractivity contribution in [1.82, 2.24) is 19.9 Å². The number of nitrogen functional groups attached to an aromatic ring is 1. The van der Waals surface area contributed by atoms with E-state index in [4.69, 9.17) is 19.9 Å². The number of nitrogens with zero attached hydrogens (tertiary/aromatic N) is 2. The van der Waals surface area contributed by atoms with E-state index >= 15 is 0 Å². The predicted octanol–water partition coefficient (Wildman–Crippen LogP) is 3.15. The second-order valence-electron chi connectivity index (χ2n) is 10.1. The summed E-state index contributed by atoms with van der Waals surface area (Å²) in [5.74, 6) is -0.732. The van der Waals surface area contributed by atoms with Crippen LogP contribution in [0, 0.1) is 0 Å². The molecule has 0 spiro atoms. The molecule has 0 bridgehead atoms. The highest BCUT2D eigenvalue weighted by molar-refractivity contribution is 5.97. The fraction of sp³-hybridized carbons (Fsp3) is 0.344. The van der Waals surface area contributed by atoms with Crippen molar-refractivity contribution in [3.63, 3.8) is 0 Å². The van der Waals surface area contributed by atoms with Crippen molar-refractivity contribution in [3.05, 3.63) is 87.3 Å². The monoisotopic (exact) mass is 603 g/mol. The topological polar surface area (TPSA) is 168 Å². The van der Waals surface area contributed by atoms with E-state index in [-0.39, 0.29) is 37.6 Å². The van der Waals surface area contributed by atoms with Crippen molar-refractivity contribution < 1.29 is 28.6 Å². The van der Waals surface area contributed by atoms with Gasteiger partial charge in [-0.3, -0.25) is 19.4 Å². The van der Waals surface area contributed by atoms with Crippen LogP contribution in [-0.2, 0) is 38.4 Å². The number of esters is 2. The van der Waals surface area contributed by atoms with Gasteiger partial charge in [0.2, 0.25) is 5.95 Å². The van der Waals surface area contributed by atoms with Crippen molar-refractivity contribution in [2.75, 3.05) is 26.1 Å². The smallest absolute Gasteiger partial charge is 0.328 e. The Bertz CT molecular complexity index is 1660. The van der Waals surface area contributed by atoms with E-state index in [1.165, 1.54) is 0 Å². The number of carbonyl (C=O) groups excluding carboxylic acids is 3. The van der Waals surface area contributed by atoms with Gasteiger partial charge in [0, 0.05) is 24.7 Å². The zero-order valence-electron chi connectivity index (χ0n) is 25.1. The van der Waals surface area contributed by atoms with Gasteiger partial charge in [0.05, 0.1) is 25.7 Å². The third-order valence-corrected chi connectivity index (χ3v) is 7.05. The number of aromatic nitrogens is 3. The molecule has 2 heterocycles. The molecule has 4 N–H and O–H groups in total. The molecule has 44 heavy (non-hydrogen) atoms. The van der Waals surface area contributed by atoms with Crippen LogP contribution in [0.15, 0.2) is 59.5 Å². The number of H-pyrrole nitrogens is 1. The molecule has 0 saturated carbocycles. The highest BCUT2D eigenvalue weighted by Gasteiger charge is 2.24. The highest BCUT2D eigenvalue weighted by Crippen LogP contribution is 2.21. The van der Waals surface area contributed by atoms with Gasteiger partial charge in [0.15, 0.2) is 0 Å². The number of anilines is 1. The van der Waals surface area contributed by atoms with Crippen molar-refractivity contribution in [2.24, 2.45) is 0 Å². The first-order valence-corrected chi connectivity index (χ1v) is 14.4. The number of ether oxygens (including phenoxy) is 3. The molecule has 0 saturated heterocycles. The maximum atomic E-state index is 12.9. The maximum Gasteiger partial charge on any atom is 0.328 e. The van der Waals surface area contributed by atoms with Crippen molar-refractivity contribution >= 4 is 34.8 Å². The Balaban J connectivity index is 1.45. The van der Waals surface area contributed by atoms with Crippen LogP contribution in [0.4, 0.5) is 5.95 Å². The van der Waals surface area contributed by atoms with Gasteiger partial charge in [-0.25, -0.2) is 4.79 Å². The van der Waals surface area contributed by atoms with E-state index in [9.17, 15) is 19.2 Å². The van der Waals surface area contributed by atoms with Gasteiger partial charge >= 0.3 is 11.9 Å². The summed E-state index contributed by atoms with van der Waals surface area (Å²) in [6.07, 6.45) is 3.10. The van der Waals surface area contributed by atoms with E-state index in [0.29, 0.717) is 36.0 Å². The number of benzene rings is 2. The van der Waals surface area contributed by atoms with Gasteiger partial charge in [0.1, 0.15) is 17.4 Å². The molecule has 12 heteroatoms. The molecule has 0 radical (unpaired) electrons. The number of nitrogens with two attached hydrogens (primary N) is 1. The molecule has 0 fully saturated rings. The van der Waals surface area contributed by atoms with Crippen LogP contribution in [-0.4, -0.2) is 58.7 Å². The second-order valence-corrected chi connectivity index (χ2v) is 10.1. The van der Waals surface area contributed by atoms with Gasteiger partial charge < -0.3 is 29.8 Å². The van der Waals surface area contributed by atoms with E-state index in [2.05, 4.69) is 15.3 Å². The Hall–Kier alpha value is -5.13. The van der Waals surface area contributed by atoms with Crippen LogP contribution in [0.3, 0.4) is 0 Å². The fourth-order valence-corrected chi connectivity index (χ4v) is 4.86. The van der Waals surface area contributed by atoms with E-state index in [1.54, 1.807) is 33.1 Å². The molecule has 232 valence electrons. The molecule has 2 aromatic heterocycles. The molecule has 1 atom stereocenters. The van der Waals surface area contributed by atoms with Crippen LogP contribution in [0.25, 0.3) is 11.0 Å². The average molecular weight is 604 g/mol. The molecular weight excluding hydrogens is 566 g/mol. The molecule has 4 aromatic rings. The number of nitrogens with one attached hydrogen (secondary N) is 2. The van der Waals surface area contributed by atoms with Gasteiger partial charge in [-0.1, -0.05) is 24.3 Å². The zero-order valence-corrected chi connectivity index (χ0v) is 25.1. The summed E-state index contributed by atoms with van der Waals surface area (Å²) in [6, 6.07) is 13.7. The quantitative estimate of drug-likeness (QED) is 0.183. The molecule has 0 aliphatic carbocycles. The number of carbonyl (C=O) groups is 3. The lowest BCUT2D eigenvalue weighted by Crippen LogP contribution is -2.42. The molecule has 1 amide bonds. The molecule has 2 aromatic carbocycles. The van der Waals surface area contributed by atoms with Crippen molar-refractivity contribution in [1.29, 1.82) is 0 Å². The Morgan fingerprint density at radius 1 is 0.977 bits per heavy atom. The summed E-state index contributed by atoms with van der Waals surface area (Å²) >= 11 is 0. The third kappa shape index (κ3) is 8.03. The largest absolute Gasteiger partial charge is 0.497 e. The van der Waals surface area contributed by atoms with Gasteiger partial charge in [-0.05, 0) is 74.1 Å². The fourth-order valence-electron chi connectivity index (χ4n) is 4.86. The SMILES string of the molecule is CCOC(=O)CC[C@H](NC(=O)c1ccc(CCc2cn(Cc3ccc(OC)cc3)c3nc(N)[nH]c(=O)c23)cc1)C(=O)OCC. The van der Waals surface area contributed by atoms with Crippen LogP contribution in [0.1, 0.15) is 53.7 Å². The number of rotatable bonds is 14. The molecule has 0 aliphatic heterocycles. The Labute approximate surface area is 254 Å². The number of aromatic amines is 1. The lowest BCUT2D eigenvalue weighted by Gasteiger charge is -2.17. The predicted molar refractivity (Wildman–Crippen MR) is 164 cm³/mol. The van der Waals surface area contributed by atoms with E-state index in [1.807, 2.05) is 47.2 Å². The standard InChI is InChI=1S/C32H37N5O7/c1-4-43-26(38)17-16-25(31(41)44-5-2)34-29(39)22-11-6-20(7-12-22)8-13-23-19-37(18-21-9-14-24(42-3)15-10-21)28-27(23)30(40)36-32(33)35-28/h6-7,9-12,14-15,19,25H,4-5,8,13,16-18H2,1-3H3,(H,34,39)(H3,33,35,36,40)/t25-/m0/s1. The number of aryl methyl sites for hydroxylation is 2. The molecule has 12 nitrogen and oxygen atoms in total. The van der Waals surface area contributed by atoms with Crippen molar-refractivity contribution in [2.45, 2.75) is 52.1 Å². The molecule has 4 rings (SSSR count). The average Bonchev–Trinajstić information content (AvgIpc) is 3.35. The zero-order chi connectivity index (χ0) is 31.6. The van der Waals surface area contributed by atoms with Gasteiger partial charge in [-0.2, -0.15) is 4.98 Å². The lowest BCUT2D eigenvalue weighted by molar-refractivity contribution is -0.146. The molecule has 0 unspecified atom stereocenters. The number of methoxy groups -OCH3 is 1. The summed E-state index contributed by atoms with van der Waals surface area (Å²) in [4.78, 5) is 57.0. The first kappa shape index (κ1) is 31.8. The second kappa shape index (κ2) is 14.9. The number of hydrogen-bond donors (Lipinski definition) is 3. The van der Waals surface area contributed by atoms with Gasteiger partial charge in [-0.15, -0.1) is 0 Å². The maximum absolute atomic E-state index is 12.9. The number of amides is 1. The Morgan fingerprint density at radius 2 is 1.66 bits per heavy atom. The summed E-state index contributed by atoms with van der Waals surface area (Å²) in [5.41, 5.74) is 9.20. The van der Waals surface area contributed by atoms with Crippen LogP contribution in [0.2, 0.25) is 0 Å². The van der Waals surface area contributed by atoms with E-state index in [0.717, 1.165) is 22.4 Å². The van der Waals surface area contributed by atoms with Gasteiger partial charge in [0.25, 0.3) is 11.5 Å². The Morgan fingerprint density at radius 3 is 2.32 bits per heavy atom. The Kier molecular flexibility index (Phi) is 10.7. The van der Waals surface area contributed by atoms with Crippen LogP contribution >= 0.6 is 0 Å². The van der Waals surface area contributed by atoms with Crippen LogP contribution < -0.4 is 21.3 Å². The first-order chi connectivity index (χ1) is 21.2. The summed E-state index contributed by atoms with van der Waals surface area (Å²) in [5, 5.41) is 3.15. The number of fused-ring (bicyclic) bond motifs is 1. The summed E-state index contributed by atoms with van der Waals surface area (Å²) in [7, 11) is 1.61. The third-order valence-electron chi connectivity index (χ3n) is 7.05. The van der Waals surface area contributed by atoms with E-state index < -0.39 is 23.9 Å². The normalized spacial score (nSPS) is 11.6. The summed E-state index contributed by atoms with van der Waals surface area (Å²) < 4.78 is 17.1. The minimum absolute atomic E-state index is 0.0298.